The smallest absolute Gasteiger partial charge is 0.137 e. The van der Waals surface area contributed by atoms with E-state index in [0.29, 0.717) is 10.6 Å². The lowest BCUT2D eigenvalue weighted by Crippen LogP contribution is -2.21. The molecule has 4 rings (SSSR count). The molecule has 0 fully saturated rings. The maximum atomic E-state index is 11.0. The standard InChI is InChI=1S/C18H16BrClN2O/c1-22-9-10-4-2-3-5-12(10)17(23)15-16(20)13-8-11(19)6-7-14(13)21-18(15)22/h4-8,17,23H,2-3,9H2,1H3. The van der Waals surface area contributed by atoms with Gasteiger partial charge in [-0.1, -0.05) is 39.7 Å². The van der Waals surface area contributed by atoms with E-state index in [9.17, 15) is 5.11 Å². The minimum absolute atomic E-state index is 0.582. The zero-order valence-electron chi connectivity index (χ0n) is 12.7. The SMILES string of the molecule is CN1CC2=CCCC=C2C(O)c2c1nc1ccc(Br)cc1c2Cl. The van der Waals surface area contributed by atoms with Crippen LogP contribution in [0.25, 0.3) is 10.9 Å². The molecule has 1 aliphatic carbocycles. The summed E-state index contributed by atoms with van der Waals surface area (Å²) in [5, 5.41) is 12.4. The van der Waals surface area contributed by atoms with Gasteiger partial charge in [0, 0.05) is 29.0 Å². The van der Waals surface area contributed by atoms with Crippen LogP contribution in [0.5, 0.6) is 0 Å². The molecule has 0 saturated heterocycles. The summed E-state index contributed by atoms with van der Waals surface area (Å²) in [6, 6.07) is 5.85. The van der Waals surface area contributed by atoms with Crippen molar-refractivity contribution in [3.63, 3.8) is 0 Å². The average molecular weight is 392 g/mol. The number of aliphatic hydroxyl groups excluding tert-OH is 1. The van der Waals surface area contributed by atoms with Gasteiger partial charge in [0.15, 0.2) is 0 Å². The highest BCUT2D eigenvalue weighted by molar-refractivity contribution is 9.10. The molecule has 1 aliphatic heterocycles. The molecule has 3 nitrogen and oxygen atoms in total. The first-order valence-corrected chi connectivity index (χ1v) is 8.80. The summed E-state index contributed by atoms with van der Waals surface area (Å²) in [6.45, 7) is 0.737. The second-order valence-electron chi connectivity index (χ2n) is 6.05. The number of rotatable bonds is 0. The van der Waals surface area contributed by atoms with Crippen LogP contribution in [0, 0.1) is 0 Å². The Morgan fingerprint density at radius 2 is 2.09 bits per heavy atom. The van der Waals surface area contributed by atoms with E-state index < -0.39 is 6.10 Å². The number of nitrogens with zero attached hydrogens (tertiary/aromatic N) is 2. The van der Waals surface area contributed by atoms with Crippen molar-refractivity contribution in [1.82, 2.24) is 4.98 Å². The van der Waals surface area contributed by atoms with Gasteiger partial charge in [0.25, 0.3) is 0 Å². The first-order chi connectivity index (χ1) is 11.1. The summed E-state index contributed by atoms with van der Waals surface area (Å²) >= 11 is 10.2. The number of anilines is 1. The van der Waals surface area contributed by atoms with E-state index in [0.717, 1.165) is 46.2 Å². The Kier molecular flexibility index (Phi) is 3.71. The molecule has 0 bridgehead atoms. The molecule has 1 N–H and O–H groups in total. The maximum absolute atomic E-state index is 11.0. The van der Waals surface area contributed by atoms with Crippen molar-refractivity contribution in [3.8, 4) is 0 Å². The fourth-order valence-corrected chi connectivity index (χ4v) is 4.11. The fraction of sp³-hybridized carbons (Fsp3) is 0.278. The molecule has 1 aromatic heterocycles. The van der Waals surface area contributed by atoms with E-state index >= 15 is 0 Å². The van der Waals surface area contributed by atoms with Crippen LogP contribution in [-0.4, -0.2) is 23.7 Å². The van der Waals surface area contributed by atoms with Crippen LogP contribution < -0.4 is 4.90 Å². The van der Waals surface area contributed by atoms with Gasteiger partial charge in [0.2, 0.25) is 0 Å². The topological polar surface area (TPSA) is 36.4 Å². The van der Waals surface area contributed by atoms with E-state index in [1.54, 1.807) is 0 Å². The van der Waals surface area contributed by atoms with E-state index in [4.69, 9.17) is 16.6 Å². The normalized spacial score (nSPS) is 20.5. The number of pyridine rings is 1. The largest absolute Gasteiger partial charge is 0.383 e. The molecular formula is C18H16BrClN2O. The molecule has 0 spiro atoms. The van der Waals surface area contributed by atoms with Crippen molar-refractivity contribution < 1.29 is 5.11 Å². The number of aromatic nitrogens is 1. The Balaban J connectivity index is 2.02. The third-order valence-electron chi connectivity index (χ3n) is 4.53. The molecule has 0 amide bonds. The van der Waals surface area contributed by atoms with Gasteiger partial charge in [0.05, 0.1) is 10.5 Å². The molecule has 5 heteroatoms. The van der Waals surface area contributed by atoms with Crippen LogP contribution in [0.1, 0.15) is 24.5 Å². The van der Waals surface area contributed by atoms with E-state index in [-0.39, 0.29) is 0 Å². The number of fused-ring (bicyclic) bond motifs is 3. The Morgan fingerprint density at radius 1 is 1.30 bits per heavy atom. The van der Waals surface area contributed by atoms with E-state index in [1.165, 1.54) is 5.57 Å². The van der Waals surface area contributed by atoms with Crippen LogP contribution in [0.3, 0.4) is 0 Å². The first-order valence-electron chi connectivity index (χ1n) is 7.63. The van der Waals surface area contributed by atoms with E-state index in [1.807, 2.05) is 25.2 Å². The highest BCUT2D eigenvalue weighted by Crippen LogP contribution is 2.44. The lowest BCUT2D eigenvalue weighted by atomic mass is 9.91. The molecule has 23 heavy (non-hydrogen) atoms. The Labute approximate surface area is 148 Å². The van der Waals surface area contributed by atoms with Crippen molar-refractivity contribution in [2.45, 2.75) is 18.9 Å². The van der Waals surface area contributed by atoms with Gasteiger partial charge in [-0.2, -0.15) is 0 Å². The van der Waals surface area contributed by atoms with Gasteiger partial charge >= 0.3 is 0 Å². The highest BCUT2D eigenvalue weighted by atomic mass is 79.9. The lowest BCUT2D eigenvalue weighted by molar-refractivity contribution is 0.218. The molecule has 0 saturated carbocycles. The van der Waals surface area contributed by atoms with Crippen molar-refractivity contribution in [1.29, 1.82) is 0 Å². The van der Waals surface area contributed by atoms with Crippen LogP contribution in [0.4, 0.5) is 5.82 Å². The molecule has 0 radical (unpaired) electrons. The van der Waals surface area contributed by atoms with Gasteiger partial charge in [-0.3, -0.25) is 0 Å². The Hall–Kier alpha value is -1.36. The summed E-state index contributed by atoms with van der Waals surface area (Å²) in [6.07, 6.45) is 5.59. The number of halogens is 2. The number of allylic oxidation sites excluding steroid dienone is 2. The predicted molar refractivity (Wildman–Crippen MR) is 98.1 cm³/mol. The second-order valence-corrected chi connectivity index (χ2v) is 7.34. The average Bonchev–Trinajstić information content (AvgIpc) is 2.64. The maximum Gasteiger partial charge on any atom is 0.137 e. The number of benzene rings is 1. The summed E-state index contributed by atoms with van der Waals surface area (Å²) in [7, 11) is 2.00. The van der Waals surface area contributed by atoms with Crippen LogP contribution >= 0.6 is 27.5 Å². The molecule has 2 heterocycles. The van der Waals surface area contributed by atoms with Gasteiger partial charge in [-0.15, -0.1) is 0 Å². The van der Waals surface area contributed by atoms with Crippen molar-refractivity contribution in [2.75, 3.05) is 18.5 Å². The number of hydrogen-bond donors (Lipinski definition) is 1. The zero-order chi connectivity index (χ0) is 16.1. The third kappa shape index (κ3) is 2.40. The fourth-order valence-electron chi connectivity index (χ4n) is 3.41. The van der Waals surface area contributed by atoms with Crippen molar-refractivity contribution in [2.24, 2.45) is 0 Å². The van der Waals surface area contributed by atoms with Gasteiger partial charge in [-0.25, -0.2) is 4.98 Å². The van der Waals surface area contributed by atoms with Crippen LogP contribution in [-0.2, 0) is 0 Å². The molecule has 1 unspecified atom stereocenters. The monoisotopic (exact) mass is 390 g/mol. The molecular weight excluding hydrogens is 376 g/mol. The zero-order valence-corrected chi connectivity index (χ0v) is 15.0. The van der Waals surface area contributed by atoms with Gasteiger partial charge in [0.1, 0.15) is 11.9 Å². The second kappa shape index (κ2) is 5.62. The number of likely N-dealkylation sites (N-methyl/N-ethyl adjacent to an activating group) is 1. The lowest BCUT2D eigenvalue weighted by Gasteiger charge is -2.20. The minimum atomic E-state index is -0.732. The first kappa shape index (κ1) is 15.2. The summed E-state index contributed by atoms with van der Waals surface area (Å²) < 4.78 is 0.947. The number of aliphatic hydroxyl groups is 1. The summed E-state index contributed by atoms with van der Waals surface area (Å²) in [4.78, 5) is 6.85. The summed E-state index contributed by atoms with van der Waals surface area (Å²) in [5.41, 5.74) is 3.69. The molecule has 2 aromatic rings. The molecule has 118 valence electrons. The van der Waals surface area contributed by atoms with E-state index in [2.05, 4.69) is 33.0 Å². The molecule has 1 aromatic carbocycles. The Morgan fingerprint density at radius 3 is 2.91 bits per heavy atom. The summed E-state index contributed by atoms with van der Waals surface area (Å²) in [5.74, 6) is 0.758. The third-order valence-corrected chi connectivity index (χ3v) is 5.43. The van der Waals surface area contributed by atoms with Gasteiger partial charge in [-0.05, 0) is 42.2 Å². The van der Waals surface area contributed by atoms with Crippen molar-refractivity contribution in [3.05, 3.63) is 56.6 Å². The quantitative estimate of drug-likeness (QED) is 0.702. The molecule has 1 atom stereocenters. The molecule has 2 aliphatic rings. The van der Waals surface area contributed by atoms with Crippen LogP contribution in [0.15, 0.2) is 46.0 Å². The van der Waals surface area contributed by atoms with Crippen LogP contribution in [0.2, 0.25) is 5.02 Å². The van der Waals surface area contributed by atoms with Gasteiger partial charge < -0.3 is 10.0 Å². The number of hydrogen-bond acceptors (Lipinski definition) is 3. The van der Waals surface area contributed by atoms with Crippen molar-refractivity contribution >= 4 is 44.3 Å². The Bertz CT molecular complexity index is 875. The predicted octanol–water partition coefficient (Wildman–Crippen LogP) is 4.78. The highest BCUT2D eigenvalue weighted by Gasteiger charge is 2.31. The minimum Gasteiger partial charge on any atom is -0.383 e.